The molecule has 0 aromatic rings. The topological polar surface area (TPSA) is 58.4 Å². The van der Waals surface area contributed by atoms with Crippen molar-refractivity contribution in [3.8, 4) is 0 Å². The summed E-state index contributed by atoms with van der Waals surface area (Å²) in [5.74, 6) is 0.0951. The largest absolute Gasteiger partial charge is 0.338 e. The van der Waals surface area contributed by atoms with Crippen molar-refractivity contribution in [2.45, 2.75) is 45.2 Å². The van der Waals surface area contributed by atoms with Gasteiger partial charge in [-0.25, -0.2) is 0 Å². The first-order chi connectivity index (χ1) is 6.97. The Morgan fingerprint density at radius 3 is 2.87 bits per heavy atom. The van der Waals surface area contributed by atoms with Gasteiger partial charge in [-0.3, -0.25) is 4.79 Å². The fraction of sp³-hybridized carbons (Fsp3) is 0.909. The van der Waals surface area contributed by atoms with Crippen LogP contribution in [0.5, 0.6) is 0 Å². The Balaban J connectivity index is 2.58. The molecule has 1 saturated heterocycles. The summed E-state index contributed by atoms with van der Waals surface area (Å²) < 4.78 is 0. The lowest BCUT2D eigenvalue weighted by molar-refractivity contribution is -0.137. The van der Waals surface area contributed by atoms with E-state index in [0.717, 1.165) is 32.5 Å². The smallest absolute Gasteiger partial charge is 0.242 e. The van der Waals surface area contributed by atoms with Crippen LogP contribution in [0.3, 0.4) is 0 Å². The van der Waals surface area contributed by atoms with E-state index in [1.165, 1.54) is 0 Å². The predicted molar refractivity (Wildman–Crippen MR) is 61.5 cm³/mol. The minimum Gasteiger partial charge on any atom is -0.338 e. The van der Waals surface area contributed by atoms with E-state index in [0.29, 0.717) is 6.04 Å². The van der Waals surface area contributed by atoms with Gasteiger partial charge < -0.3 is 16.0 Å². The number of carbonyl (C=O) groups is 1. The minimum atomic E-state index is -0.689. The fourth-order valence-corrected chi connectivity index (χ4v) is 2.10. The van der Waals surface area contributed by atoms with Crippen LogP contribution in [0, 0.1) is 0 Å². The van der Waals surface area contributed by atoms with Gasteiger partial charge in [-0.15, -0.1) is 0 Å². The third-order valence-corrected chi connectivity index (χ3v) is 2.91. The maximum Gasteiger partial charge on any atom is 0.242 e. The quantitative estimate of drug-likeness (QED) is 0.710. The molecular weight excluding hydrogens is 190 g/mol. The van der Waals surface area contributed by atoms with Crippen LogP contribution in [0.2, 0.25) is 0 Å². The number of nitrogens with two attached hydrogens (primary N) is 1. The van der Waals surface area contributed by atoms with Gasteiger partial charge in [0.1, 0.15) is 0 Å². The van der Waals surface area contributed by atoms with Gasteiger partial charge >= 0.3 is 0 Å². The number of hydrogen-bond donors (Lipinski definition) is 2. The lowest BCUT2D eigenvalue weighted by atomic mass is 9.95. The predicted octanol–water partition coefficient (Wildman–Crippen LogP) is 0.324. The second kappa shape index (κ2) is 4.94. The average molecular weight is 213 g/mol. The molecule has 1 heterocycles. The van der Waals surface area contributed by atoms with Crippen molar-refractivity contribution < 1.29 is 4.79 Å². The molecule has 4 nitrogen and oxygen atoms in total. The maximum absolute atomic E-state index is 12.1. The minimum absolute atomic E-state index is 0.0951. The maximum atomic E-state index is 12.1. The Morgan fingerprint density at radius 1 is 1.67 bits per heavy atom. The molecule has 88 valence electrons. The summed E-state index contributed by atoms with van der Waals surface area (Å²) in [6.45, 7) is 8.40. The molecule has 1 unspecified atom stereocenters. The van der Waals surface area contributed by atoms with Gasteiger partial charge in [0.15, 0.2) is 0 Å². The van der Waals surface area contributed by atoms with Gasteiger partial charge in [0.05, 0.1) is 5.54 Å². The van der Waals surface area contributed by atoms with Crippen LogP contribution < -0.4 is 11.1 Å². The highest BCUT2D eigenvalue weighted by Gasteiger charge is 2.33. The monoisotopic (exact) mass is 213 g/mol. The van der Waals surface area contributed by atoms with Crippen molar-refractivity contribution in [1.82, 2.24) is 10.2 Å². The van der Waals surface area contributed by atoms with E-state index < -0.39 is 5.54 Å². The molecule has 0 aromatic heterocycles. The Labute approximate surface area is 92.2 Å². The zero-order valence-corrected chi connectivity index (χ0v) is 10.0. The molecule has 1 amide bonds. The normalized spacial score (nSPS) is 26.1. The molecule has 2 atom stereocenters. The lowest BCUT2D eigenvalue weighted by Gasteiger charge is -2.37. The van der Waals surface area contributed by atoms with E-state index in [-0.39, 0.29) is 5.91 Å². The number of piperazine rings is 1. The molecule has 1 aliphatic heterocycles. The van der Waals surface area contributed by atoms with Gasteiger partial charge in [-0.1, -0.05) is 13.3 Å². The van der Waals surface area contributed by atoms with Gasteiger partial charge in [-0.05, 0) is 20.3 Å². The number of hydrogen-bond acceptors (Lipinski definition) is 3. The Kier molecular flexibility index (Phi) is 4.11. The zero-order chi connectivity index (χ0) is 11.5. The van der Waals surface area contributed by atoms with Crippen LogP contribution in [0.25, 0.3) is 0 Å². The third-order valence-electron chi connectivity index (χ3n) is 2.91. The molecule has 0 radical (unpaired) electrons. The number of nitrogens with zero attached hydrogens (tertiary/aromatic N) is 1. The van der Waals surface area contributed by atoms with Crippen LogP contribution in [0.15, 0.2) is 0 Å². The molecule has 0 aromatic carbocycles. The Bertz CT molecular complexity index is 228. The highest BCUT2D eigenvalue weighted by molar-refractivity contribution is 5.85. The van der Waals surface area contributed by atoms with E-state index in [4.69, 9.17) is 5.73 Å². The van der Waals surface area contributed by atoms with E-state index in [1.807, 2.05) is 11.8 Å². The molecule has 1 rings (SSSR count). The van der Waals surface area contributed by atoms with Crippen molar-refractivity contribution in [1.29, 1.82) is 0 Å². The number of nitrogens with one attached hydrogen (secondary N) is 1. The molecule has 1 fully saturated rings. The van der Waals surface area contributed by atoms with Gasteiger partial charge in [-0.2, -0.15) is 0 Å². The molecule has 4 heteroatoms. The summed E-state index contributed by atoms with van der Waals surface area (Å²) in [6.07, 6.45) is 1.70. The van der Waals surface area contributed by atoms with E-state index >= 15 is 0 Å². The highest BCUT2D eigenvalue weighted by atomic mass is 16.2. The number of amides is 1. The van der Waals surface area contributed by atoms with E-state index in [2.05, 4.69) is 19.2 Å². The summed E-state index contributed by atoms with van der Waals surface area (Å²) in [6, 6.07) is 0.375. The van der Waals surface area contributed by atoms with Crippen LogP contribution in [0.1, 0.15) is 33.6 Å². The Morgan fingerprint density at radius 2 is 2.33 bits per heavy atom. The molecule has 3 N–H and O–H groups in total. The SMILES string of the molecule is CCCC(C)(N)C(=O)N1CCN[C@@H](C)C1. The Hall–Kier alpha value is -0.610. The van der Waals surface area contributed by atoms with Gasteiger partial charge in [0, 0.05) is 25.7 Å². The summed E-state index contributed by atoms with van der Waals surface area (Å²) in [5, 5.41) is 3.32. The van der Waals surface area contributed by atoms with E-state index in [9.17, 15) is 4.79 Å². The van der Waals surface area contributed by atoms with Crippen molar-refractivity contribution in [3.05, 3.63) is 0 Å². The molecule has 0 spiro atoms. The molecule has 0 bridgehead atoms. The van der Waals surface area contributed by atoms with Gasteiger partial charge in [0.25, 0.3) is 0 Å². The third kappa shape index (κ3) is 3.18. The second-order valence-corrected chi connectivity index (χ2v) is 4.77. The molecule has 1 aliphatic rings. The van der Waals surface area contributed by atoms with Crippen LogP contribution in [-0.4, -0.2) is 42.0 Å². The van der Waals surface area contributed by atoms with Crippen LogP contribution in [-0.2, 0) is 4.79 Å². The zero-order valence-electron chi connectivity index (χ0n) is 10.0. The van der Waals surface area contributed by atoms with Gasteiger partial charge in [0.2, 0.25) is 5.91 Å². The summed E-state index contributed by atoms with van der Waals surface area (Å²) in [4.78, 5) is 14.0. The number of rotatable bonds is 3. The summed E-state index contributed by atoms with van der Waals surface area (Å²) >= 11 is 0. The molecule has 0 saturated carbocycles. The molecule has 15 heavy (non-hydrogen) atoms. The van der Waals surface area contributed by atoms with Crippen molar-refractivity contribution in [2.24, 2.45) is 5.73 Å². The standard InChI is InChI=1S/C11H23N3O/c1-4-5-11(3,12)10(15)14-7-6-13-9(2)8-14/h9,13H,4-8,12H2,1-3H3/t9-,11?/m0/s1. The summed E-state index contributed by atoms with van der Waals surface area (Å²) in [7, 11) is 0. The fourth-order valence-electron chi connectivity index (χ4n) is 2.10. The molecule has 0 aliphatic carbocycles. The average Bonchev–Trinajstić information content (AvgIpc) is 2.16. The van der Waals surface area contributed by atoms with Crippen molar-refractivity contribution in [2.75, 3.05) is 19.6 Å². The van der Waals surface area contributed by atoms with Crippen molar-refractivity contribution >= 4 is 5.91 Å². The second-order valence-electron chi connectivity index (χ2n) is 4.77. The first kappa shape index (κ1) is 12.5. The first-order valence-electron chi connectivity index (χ1n) is 5.79. The van der Waals surface area contributed by atoms with Crippen LogP contribution in [0.4, 0.5) is 0 Å². The van der Waals surface area contributed by atoms with Crippen molar-refractivity contribution in [3.63, 3.8) is 0 Å². The molecular formula is C11H23N3O. The number of carbonyl (C=O) groups excluding carboxylic acids is 1. The highest BCUT2D eigenvalue weighted by Crippen LogP contribution is 2.14. The van der Waals surface area contributed by atoms with Crippen LogP contribution >= 0.6 is 0 Å². The summed E-state index contributed by atoms with van der Waals surface area (Å²) in [5.41, 5.74) is 5.35. The lowest BCUT2D eigenvalue weighted by Crippen LogP contribution is -2.59. The first-order valence-corrected chi connectivity index (χ1v) is 5.79. The van der Waals surface area contributed by atoms with E-state index in [1.54, 1.807) is 0 Å².